The molecule has 1 saturated heterocycles. The van der Waals surface area contributed by atoms with E-state index in [0.29, 0.717) is 15.9 Å². The second kappa shape index (κ2) is 28.4. The Morgan fingerprint density at radius 2 is 1.50 bits per heavy atom. The summed E-state index contributed by atoms with van der Waals surface area (Å²) in [5, 5.41) is 68.4. The molecule has 10 atom stereocenters. The molecule has 36 heteroatoms. The molecule has 2 aromatic carbocycles. The number of nitrogens with zero attached hydrogens (tertiary/aromatic N) is 8. The molecule has 4 aliphatic rings. The number of cyclic esters (lactones) is 2. The number of esters is 2. The van der Waals surface area contributed by atoms with Crippen molar-refractivity contribution in [1.82, 2.24) is 66.1 Å². The van der Waals surface area contributed by atoms with Gasteiger partial charge in [0.1, 0.15) is 125 Å². The van der Waals surface area contributed by atoms with Crippen molar-refractivity contribution in [2.24, 2.45) is 0 Å². The van der Waals surface area contributed by atoms with E-state index < -0.39 is 139 Å². The summed E-state index contributed by atoms with van der Waals surface area (Å²) in [4.78, 5) is 133. The summed E-state index contributed by atoms with van der Waals surface area (Å²) in [6.45, 7) is 4.31. The van der Waals surface area contributed by atoms with E-state index in [9.17, 15) is 39.3 Å². The highest BCUT2D eigenvalue weighted by atomic mass is 32.1. The maximum absolute atomic E-state index is 15.2. The molecule has 12 bridgehead atoms. The first kappa shape index (κ1) is 69.9. The molecule has 13 rings (SSSR count). The third-order valence-corrected chi connectivity index (χ3v) is 21.6. The Morgan fingerprint density at radius 1 is 0.832 bits per heavy atom. The van der Waals surface area contributed by atoms with Gasteiger partial charge in [0.15, 0.2) is 18.1 Å². The van der Waals surface area contributed by atoms with Crippen molar-refractivity contribution in [3.63, 3.8) is 0 Å². The Bertz CT molecular complexity index is 4790. The number of pyridine rings is 1. The molecule has 9 N–H and O–H groups in total. The van der Waals surface area contributed by atoms with Crippen molar-refractivity contribution in [1.29, 1.82) is 0 Å². The van der Waals surface area contributed by atoms with E-state index in [1.54, 1.807) is 50.4 Å². The first-order valence-electron chi connectivity index (χ1n) is 31.0. The standard InChI is InChI=1S/C65H62FN13O17S5/c1-26(80)44-57(86)76-45(27(2)91-7)60-72-39(25-99-60)56(85)77-48-50-51(96-42-16-65(4,89)52(78(5)6)28(3)95-42)64(88)93-18-30-9-8-10-40-43(30)33(19-92-50)49(79(40)90)63(87)94-20-34(68-54(83)37-24-101-62(48)73-37)59-69-35(21-98-59)46-32(58-70-38(23-97-58)55(84)75-44)15-41(81)47(74-46)61-71-36(22-100-61)53(82)67-17-29-11-13-31(66)14-12-29/h8-15,21-26,28,34,42,44,48,50-52,80-81,89-90H,16-20H2,1-7H3,(H,67,82)(H,68,83)(H,75,84)(H,76,86)(H,77,85)/b45-27+. The second-order valence-electron chi connectivity index (χ2n) is 24.3. The third-order valence-electron chi connectivity index (χ3n) is 17.1. The minimum Gasteiger partial charge on any atom is -0.506 e. The number of benzene rings is 2. The normalized spacial score (nSPS) is 23.7. The molecule has 0 spiro atoms. The average Bonchev–Trinajstić information content (AvgIpc) is 1.67. The Morgan fingerprint density at radius 3 is 2.24 bits per heavy atom. The lowest BCUT2D eigenvalue weighted by molar-refractivity contribution is -0.280. The number of carbonyl (C=O) groups is 7. The van der Waals surface area contributed by atoms with Crippen LogP contribution in [0.2, 0.25) is 0 Å². The second-order valence-corrected chi connectivity index (χ2v) is 28.7. The Kier molecular flexibility index (Phi) is 19.7. The van der Waals surface area contributed by atoms with Gasteiger partial charge in [0.05, 0.1) is 43.1 Å². The van der Waals surface area contributed by atoms with E-state index in [-0.39, 0.29) is 111 Å². The lowest BCUT2D eigenvalue weighted by atomic mass is 9.85. The molecule has 101 heavy (non-hydrogen) atoms. The van der Waals surface area contributed by atoms with Gasteiger partial charge in [-0.3, -0.25) is 24.0 Å². The number of likely N-dealkylation sites (N-methyl/N-ethyl adjacent to an activating group) is 1. The number of aromatic hydroxyl groups is 1. The van der Waals surface area contributed by atoms with Gasteiger partial charge in [-0.2, -0.15) is 4.73 Å². The number of nitrogens with one attached hydrogen (secondary N) is 5. The fourth-order valence-electron chi connectivity index (χ4n) is 12.3. The summed E-state index contributed by atoms with van der Waals surface area (Å²) < 4.78 is 52.0. The van der Waals surface area contributed by atoms with Gasteiger partial charge in [-0.25, -0.2) is 43.9 Å². The minimum atomic E-state index is -1.91. The number of methoxy groups -OCH3 is 1. The number of fused-ring (bicyclic) bond motifs is 15. The smallest absolute Gasteiger partial charge is 0.358 e. The number of hydrogen-bond donors (Lipinski definition) is 9. The molecule has 11 heterocycles. The summed E-state index contributed by atoms with van der Waals surface area (Å²) in [6, 6.07) is 6.26. The number of aliphatic hydroxyl groups excluding tert-OH is 1. The van der Waals surface area contributed by atoms with Crippen LogP contribution in [0, 0.1) is 5.82 Å². The van der Waals surface area contributed by atoms with Crippen LogP contribution >= 0.6 is 56.7 Å². The van der Waals surface area contributed by atoms with Crippen LogP contribution in [0.25, 0.3) is 49.3 Å². The molecule has 526 valence electrons. The molecule has 0 saturated carbocycles. The molecule has 30 nitrogen and oxygen atoms in total. The van der Waals surface area contributed by atoms with E-state index in [4.69, 9.17) is 43.4 Å². The van der Waals surface area contributed by atoms with Gasteiger partial charge in [0.25, 0.3) is 23.6 Å². The largest absolute Gasteiger partial charge is 0.506 e. The minimum absolute atomic E-state index is 0.00672. The number of carbonyl (C=O) groups excluding carboxylic acids is 7. The lowest BCUT2D eigenvalue weighted by Gasteiger charge is -2.48. The first-order chi connectivity index (χ1) is 48.3. The van der Waals surface area contributed by atoms with Crippen LogP contribution in [0.1, 0.15) is 130 Å². The predicted octanol–water partition coefficient (Wildman–Crippen LogP) is 6.23. The molecule has 4 aliphatic heterocycles. The number of ether oxygens (including phenoxy) is 6. The van der Waals surface area contributed by atoms with E-state index >= 15 is 19.2 Å². The molecule has 0 aliphatic carbocycles. The maximum Gasteiger partial charge on any atom is 0.358 e. The highest BCUT2D eigenvalue weighted by molar-refractivity contribution is 7.14. The van der Waals surface area contributed by atoms with Gasteiger partial charge in [0.2, 0.25) is 5.91 Å². The van der Waals surface area contributed by atoms with Crippen molar-refractivity contribution in [2.75, 3.05) is 27.8 Å². The number of rotatable bonds is 9. The number of amides is 5. The van der Waals surface area contributed by atoms with Crippen molar-refractivity contribution in [3.8, 4) is 38.4 Å². The van der Waals surface area contributed by atoms with Crippen LogP contribution < -0.4 is 26.6 Å². The quantitative estimate of drug-likeness (QED) is 0.0439. The zero-order chi connectivity index (χ0) is 71.5. The van der Waals surface area contributed by atoms with Crippen LogP contribution in [-0.2, 0) is 57.8 Å². The summed E-state index contributed by atoms with van der Waals surface area (Å²) in [6.07, 6.45) is -7.53. The van der Waals surface area contributed by atoms with Gasteiger partial charge >= 0.3 is 11.9 Å². The molecule has 9 aromatic rings. The van der Waals surface area contributed by atoms with Crippen LogP contribution in [0.4, 0.5) is 4.39 Å². The van der Waals surface area contributed by atoms with Crippen molar-refractivity contribution in [2.45, 2.75) is 114 Å². The van der Waals surface area contributed by atoms with Gasteiger partial charge in [0, 0.05) is 56.4 Å². The van der Waals surface area contributed by atoms with Gasteiger partial charge in [-0.15, -0.1) is 56.7 Å². The number of halogens is 1. The van der Waals surface area contributed by atoms with Crippen molar-refractivity contribution >= 4 is 115 Å². The predicted molar refractivity (Wildman–Crippen MR) is 362 cm³/mol. The van der Waals surface area contributed by atoms with Gasteiger partial charge in [-0.05, 0) is 77.2 Å². The van der Waals surface area contributed by atoms with Gasteiger partial charge < -0.3 is 80.4 Å². The monoisotopic (exact) mass is 1480 g/mol. The number of allylic oxidation sites excluding steroid dienone is 1. The van der Waals surface area contributed by atoms with Gasteiger partial charge in [-0.1, -0.05) is 24.3 Å². The Labute approximate surface area is 592 Å². The van der Waals surface area contributed by atoms with E-state index in [2.05, 4.69) is 41.5 Å². The SMILES string of the molecule is CO/C(C)=C1/NC(=O)C(C(C)O)NC(=O)c2csc(n2)-c2cc(O)c(-c3nc(C(=O)NCc4ccc(F)cc4)cs3)nc2-c2csc(n2)C2COC(=O)c3c4c5c(cccc5n3O)COC(=O)C(OC3CC(C)(O)C(N(C)C)C(C)O3)C(OC4)C(NC(=O)c3csc1n3)c1nc(cs1)C(=O)N2. The topological polar surface area (TPSA) is 401 Å². The highest BCUT2D eigenvalue weighted by Crippen LogP contribution is 2.43. The lowest BCUT2D eigenvalue weighted by Crippen LogP contribution is -2.62. The number of aliphatic hydroxyl groups is 2. The molecular formula is C65H62FN13O17S5. The Balaban J connectivity index is 0.969. The Hall–Kier alpha value is -9.60. The van der Waals surface area contributed by atoms with Crippen LogP contribution in [0.5, 0.6) is 5.75 Å². The van der Waals surface area contributed by atoms with Crippen LogP contribution in [0.15, 0.2) is 81.2 Å². The zero-order valence-electron chi connectivity index (χ0n) is 54.3. The van der Waals surface area contributed by atoms with E-state index in [0.717, 1.165) is 56.7 Å². The van der Waals surface area contributed by atoms with Crippen LogP contribution in [0.3, 0.4) is 0 Å². The molecule has 0 radical (unpaired) electrons. The average molecular weight is 1480 g/mol. The molecule has 1 fully saturated rings. The van der Waals surface area contributed by atoms with E-state index in [1.807, 2.05) is 0 Å². The number of hydrogen-bond acceptors (Lipinski definition) is 29. The summed E-state index contributed by atoms with van der Waals surface area (Å²) >= 11 is 4.60. The number of aromatic nitrogens is 7. The van der Waals surface area contributed by atoms with Crippen molar-refractivity contribution in [3.05, 3.63) is 147 Å². The first-order valence-corrected chi connectivity index (χ1v) is 35.4. The fraction of sp³-hybridized carbons (Fsp3) is 0.338. The zero-order valence-corrected chi connectivity index (χ0v) is 58.4. The maximum atomic E-state index is 15.2. The molecule has 5 amide bonds. The summed E-state index contributed by atoms with van der Waals surface area (Å²) in [5.41, 5.74) is -1.87. The molecule has 7 aromatic heterocycles. The third kappa shape index (κ3) is 14.0. The summed E-state index contributed by atoms with van der Waals surface area (Å²) in [7, 11) is 4.85. The molecular weight excluding hydrogens is 1410 g/mol. The number of thiazole rings is 5. The fourth-order valence-corrected chi connectivity index (χ4v) is 16.5. The molecule has 10 unspecified atom stereocenters. The van der Waals surface area contributed by atoms with Crippen molar-refractivity contribution < 1.29 is 86.9 Å². The van der Waals surface area contributed by atoms with Crippen LogP contribution in [-0.4, -0.2) is 178 Å². The van der Waals surface area contributed by atoms with E-state index in [1.165, 1.54) is 78.9 Å². The highest BCUT2D eigenvalue weighted by Gasteiger charge is 2.50. The summed E-state index contributed by atoms with van der Waals surface area (Å²) in [5.74, 6) is -7.36.